The van der Waals surface area contributed by atoms with Crippen molar-refractivity contribution >= 4 is 46.3 Å². The maximum absolute atomic E-state index is 4.86. The number of thiophene rings is 1. The van der Waals surface area contributed by atoms with Crippen LogP contribution in [0.15, 0.2) is 46.8 Å². The summed E-state index contributed by atoms with van der Waals surface area (Å²) in [6.45, 7) is 9.52. The molecule has 0 unspecified atom stereocenters. The summed E-state index contributed by atoms with van der Waals surface area (Å²) >= 11 is 1.84. The Labute approximate surface area is 214 Å². The average molecular weight is 568 g/mol. The topological polar surface area (TPSA) is 42.9 Å². The van der Waals surface area contributed by atoms with E-state index in [1.807, 2.05) is 11.3 Å². The van der Waals surface area contributed by atoms with E-state index in [0.717, 1.165) is 45.0 Å². The van der Waals surface area contributed by atoms with Crippen molar-refractivity contribution in [1.82, 2.24) is 15.5 Å². The highest BCUT2D eigenvalue weighted by molar-refractivity contribution is 14.0. The molecular formula is C25H38IN5S. The van der Waals surface area contributed by atoms with Crippen LogP contribution in [-0.2, 0) is 13.1 Å². The van der Waals surface area contributed by atoms with Crippen molar-refractivity contribution in [2.75, 3.05) is 37.6 Å². The highest BCUT2D eigenvalue weighted by Crippen LogP contribution is 2.24. The van der Waals surface area contributed by atoms with Crippen LogP contribution in [0.1, 0.15) is 50.2 Å². The number of guanidine groups is 1. The molecule has 0 saturated carbocycles. The molecule has 0 amide bonds. The van der Waals surface area contributed by atoms with Gasteiger partial charge in [-0.15, -0.1) is 35.3 Å². The van der Waals surface area contributed by atoms with Crippen molar-refractivity contribution in [3.8, 4) is 0 Å². The van der Waals surface area contributed by atoms with Gasteiger partial charge in [0.1, 0.15) is 0 Å². The number of nitrogens with zero attached hydrogens (tertiary/aromatic N) is 3. The van der Waals surface area contributed by atoms with Gasteiger partial charge in [-0.05, 0) is 74.3 Å². The summed E-state index contributed by atoms with van der Waals surface area (Å²) in [5.41, 5.74) is 2.68. The fourth-order valence-electron chi connectivity index (χ4n) is 4.50. The molecule has 176 valence electrons. The Balaban J connectivity index is 0.00000289. The van der Waals surface area contributed by atoms with Crippen LogP contribution >= 0.6 is 35.3 Å². The number of benzene rings is 1. The molecule has 3 heterocycles. The van der Waals surface area contributed by atoms with Gasteiger partial charge in [0.25, 0.3) is 0 Å². The fraction of sp³-hybridized carbons (Fsp3) is 0.560. The number of rotatable bonds is 7. The molecule has 4 rings (SSSR count). The van der Waals surface area contributed by atoms with Crippen LogP contribution in [0.5, 0.6) is 0 Å². The van der Waals surface area contributed by atoms with Gasteiger partial charge >= 0.3 is 0 Å². The maximum Gasteiger partial charge on any atom is 0.191 e. The summed E-state index contributed by atoms with van der Waals surface area (Å²) in [6.07, 6.45) is 6.38. The summed E-state index contributed by atoms with van der Waals surface area (Å²) in [7, 11) is 0. The molecule has 0 atom stereocenters. The second-order valence-corrected chi connectivity index (χ2v) is 9.63. The van der Waals surface area contributed by atoms with Crippen molar-refractivity contribution in [1.29, 1.82) is 0 Å². The van der Waals surface area contributed by atoms with Gasteiger partial charge in [-0.3, -0.25) is 4.90 Å². The Morgan fingerprint density at radius 3 is 2.38 bits per heavy atom. The summed E-state index contributed by atoms with van der Waals surface area (Å²) in [5.74, 6) is 0.939. The Hall–Kier alpha value is -1.32. The number of nitrogens with one attached hydrogen (secondary N) is 2. The number of likely N-dealkylation sites (tertiary alicyclic amines) is 1. The van der Waals surface area contributed by atoms with Gasteiger partial charge in [0.15, 0.2) is 5.96 Å². The van der Waals surface area contributed by atoms with Gasteiger partial charge in [0.2, 0.25) is 0 Å². The van der Waals surface area contributed by atoms with Gasteiger partial charge in [-0.25, -0.2) is 4.99 Å². The number of hydrogen-bond donors (Lipinski definition) is 2. The molecule has 0 spiro atoms. The van der Waals surface area contributed by atoms with Crippen molar-refractivity contribution in [2.24, 2.45) is 4.99 Å². The molecule has 0 radical (unpaired) electrons. The van der Waals surface area contributed by atoms with E-state index in [2.05, 4.69) is 69.1 Å². The van der Waals surface area contributed by atoms with Crippen LogP contribution < -0.4 is 15.5 Å². The number of piperidine rings is 2. The van der Waals surface area contributed by atoms with Crippen LogP contribution in [0.2, 0.25) is 0 Å². The highest BCUT2D eigenvalue weighted by Gasteiger charge is 2.20. The molecule has 1 aromatic carbocycles. The monoisotopic (exact) mass is 567 g/mol. The van der Waals surface area contributed by atoms with Crippen molar-refractivity contribution in [3.63, 3.8) is 0 Å². The Kier molecular flexibility index (Phi) is 10.6. The first-order chi connectivity index (χ1) is 15.3. The largest absolute Gasteiger partial charge is 0.363 e. The minimum absolute atomic E-state index is 0. The average Bonchev–Trinajstić information content (AvgIpc) is 3.35. The molecule has 2 saturated heterocycles. The summed E-state index contributed by atoms with van der Waals surface area (Å²) in [5, 5.41) is 10.6. The van der Waals surface area contributed by atoms with Gasteiger partial charge in [0, 0.05) is 32.2 Å². The van der Waals surface area contributed by atoms with E-state index in [1.54, 1.807) is 0 Å². The second-order valence-electron chi connectivity index (χ2n) is 8.71. The Morgan fingerprint density at radius 1 is 1.00 bits per heavy atom. The molecular weight excluding hydrogens is 529 g/mol. The zero-order valence-corrected chi connectivity index (χ0v) is 22.4. The number of hydrogen-bond acceptors (Lipinski definition) is 4. The van der Waals surface area contributed by atoms with Crippen LogP contribution in [-0.4, -0.2) is 49.6 Å². The molecule has 7 heteroatoms. The third kappa shape index (κ3) is 7.63. The van der Waals surface area contributed by atoms with Gasteiger partial charge in [-0.2, -0.15) is 0 Å². The molecule has 5 nitrogen and oxygen atoms in total. The first-order valence-electron chi connectivity index (χ1n) is 11.9. The Bertz CT molecular complexity index is 794. The van der Waals surface area contributed by atoms with Crippen LogP contribution in [0.3, 0.4) is 0 Å². The molecule has 2 aromatic rings. The Morgan fingerprint density at radius 2 is 1.72 bits per heavy atom. The maximum atomic E-state index is 4.86. The van der Waals surface area contributed by atoms with E-state index in [-0.39, 0.29) is 24.0 Å². The van der Waals surface area contributed by atoms with E-state index in [0.29, 0.717) is 12.6 Å². The fourth-order valence-corrected chi connectivity index (χ4v) is 5.29. The minimum atomic E-state index is 0. The minimum Gasteiger partial charge on any atom is -0.363 e. The predicted octanol–water partition coefficient (Wildman–Crippen LogP) is 5.08. The number of halogens is 1. The lowest BCUT2D eigenvalue weighted by Crippen LogP contribution is -2.48. The molecule has 2 fully saturated rings. The van der Waals surface area contributed by atoms with E-state index in [4.69, 9.17) is 4.99 Å². The van der Waals surface area contributed by atoms with Gasteiger partial charge in [-0.1, -0.05) is 30.7 Å². The normalized spacial score (nSPS) is 18.3. The standard InChI is InChI=1S/C25H37N5S.HI/c1-2-26-25(28-23-12-16-30(17-13-23)24-7-6-18-31-24)27-19-21-8-10-22(11-9-21)20-29-14-4-3-5-15-29;/h6-11,18,23H,2-5,12-17,19-20H2,1H3,(H2,26,27,28);1H. The van der Waals surface area contributed by atoms with Gasteiger partial charge < -0.3 is 15.5 Å². The zero-order chi connectivity index (χ0) is 21.3. The predicted molar refractivity (Wildman–Crippen MR) is 148 cm³/mol. The summed E-state index contributed by atoms with van der Waals surface area (Å²) in [4.78, 5) is 9.94. The third-order valence-electron chi connectivity index (χ3n) is 6.30. The highest BCUT2D eigenvalue weighted by atomic mass is 127. The SMILES string of the molecule is CCNC(=NCc1ccc(CN2CCCCC2)cc1)NC1CCN(c2cccs2)CC1.I. The van der Waals surface area contributed by atoms with E-state index in [9.17, 15) is 0 Å². The lowest BCUT2D eigenvalue weighted by Gasteiger charge is -2.33. The molecule has 1 aromatic heterocycles. The molecule has 2 N–H and O–H groups in total. The van der Waals surface area contributed by atoms with Crippen molar-refractivity contribution in [3.05, 3.63) is 52.9 Å². The van der Waals surface area contributed by atoms with Crippen LogP contribution in [0.4, 0.5) is 5.00 Å². The molecule has 2 aliphatic rings. The van der Waals surface area contributed by atoms with Crippen molar-refractivity contribution in [2.45, 2.75) is 58.2 Å². The van der Waals surface area contributed by atoms with Gasteiger partial charge in [0.05, 0.1) is 11.5 Å². The van der Waals surface area contributed by atoms with E-state index in [1.165, 1.54) is 48.5 Å². The second kappa shape index (κ2) is 13.4. The zero-order valence-electron chi connectivity index (χ0n) is 19.3. The van der Waals surface area contributed by atoms with E-state index >= 15 is 0 Å². The molecule has 0 bridgehead atoms. The molecule has 2 aliphatic heterocycles. The lowest BCUT2D eigenvalue weighted by molar-refractivity contribution is 0.221. The van der Waals surface area contributed by atoms with Crippen LogP contribution in [0, 0.1) is 0 Å². The quantitative estimate of drug-likeness (QED) is 0.279. The third-order valence-corrected chi connectivity index (χ3v) is 7.22. The van der Waals surface area contributed by atoms with E-state index < -0.39 is 0 Å². The lowest BCUT2D eigenvalue weighted by atomic mass is 10.1. The van der Waals surface area contributed by atoms with Crippen LogP contribution in [0.25, 0.3) is 0 Å². The molecule has 32 heavy (non-hydrogen) atoms. The number of aliphatic imine (C=N–C) groups is 1. The molecule has 0 aliphatic carbocycles. The van der Waals surface area contributed by atoms with Crippen molar-refractivity contribution < 1.29 is 0 Å². The summed E-state index contributed by atoms with van der Waals surface area (Å²) in [6, 6.07) is 13.9. The first-order valence-corrected chi connectivity index (χ1v) is 12.8. The number of anilines is 1. The summed E-state index contributed by atoms with van der Waals surface area (Å²) < 4.78 is 0. The first kappa shape index (κ1) is 25.3. The smallest absolute Gasteiger partial charge is 0.191 e.